The van der Waals surface area contributed by atoms with Crippen LogP contribution in [0.15, 0.2) is 59.6 Å². The first kappa shape index (κ1) is 23.8. The van der Waals surface area contributed by atoms with Crippen LogP contribution in [0, 0.1) is 0 Å². The van der Waals surface area contributed by atoms with Crippen LogP contribution >= 0.6 is 24.0 Å². The lowest BCUT2D eigenvalue weighted by atomic mass is 10.0. The van der Waals surface area contributed by atoms with Gasteiger partial charge in [0.1, 0.15) is 5.75 Å². The van der Waals surface area contributed by atoms with Gasteiger partial charge in [0.2, 0.25) is 0 Å². The SMILES string of the molecule is CN=C(NCc1cccc(OCC(N)=O)c1)NC1CCCN(c2ccccc2)C1.I. The number of guanidine groups is 1. The number of ether oxygens (including phenoxy) is 1. The Hall–Kier alpha value is -2.49. The molecule has 2 aromatic rings. The monoisotopic (exact) mass is 523 g/mol. The molecule has 0 aromatic heterocycles. The van der Waals surface area contributed by atoms with Crippen molar-refractivity contribution in [3.63, 3.8) is 0 Å². The summed E-state index contributed by atoms with van der Waals surface area (Å²) < 4.78 is 5.36. The van der Waals surface area contributed by atoms with E-state index >= 15 is 0 Å². The Kier molecular flexibility index (Phi) is 9.72. The Morgan fingerprint density at radius 3 is 2.77 bits per heavy atom. The molecule has 8 heteroatoms. The van der Waals surface area contributed by atoms with Gasteiger partial charge in [0.05, 0.1) is 0 Å². The topological polar surface area (TPSA) is 92.0 Å². The number of amides is 1. The highest BCUT2D eigenvalue weighted by Crippen LogP contribution is 2.19. The molecule has 2 aromatic carbocycles. The summed E-state index contributed by atoms with van der Waals surface area (Å²) in [7, 11) is 1.78. The average Bonchev–Trinajstić information content (AvgIpc) is 2.76. The highest BCUT2D eigenvalue weighted by molar-refractivity contribution is 14.0. The van der Waals surface area contributed by atoms with Gasteiger partial charge in [0, 0.05) is 38.4 Å². The van der Waals surface area contributed by atoms with Crippen LogP contribution < -0.4 is 26.0 Å². The molecule has 4 N–H and O–H groups in total. The third-order valence-corrected chi connectivity index (χ3v) is 4.85. The molecule has 7 nitrogen and oxygen atoms in total. The summed E-state index contributed by atoms with van der Waals surface area (Å²) in [5, 5.41) is 6.89. The quantitative estimate of drug-likeness (QED) is 0.295. The molecule has 1 atom stereocenters. The van der Waals surface area contributed by atoms with Crippen molar-refractivity contribution in [1.29, 1.82) is 0 Å². The molecular weight excluding hydrogens is 493 g/mol. The predicted octanol–water partition coefficient (Wildman–Crippen LogP) is 2.50. The summed E-state index contributed by atoms with van der Waals surface area (Å²) in [6, 6.07) is 18.4. The predicted molar refractivity (Wildman–Crippen MR) is 132 cm³/mol. The maximum atomic E-state index is 10.9. The first-order valence-electron chi connectivity index (χ1n) is 9.91. The number of para-hydroxylation sites is 1. The van der Waals surface area contributed by atoms with Gasteiger partial charge in [-0.15, -0.1) is 24.0 Å². The minimum atomic E-state index is -0.491. The van der Waals surface area contributed by atoms with E-state index in [1.807, 2.05) is 24.3 Å². The number of primary amides is 1. The molecule has 162 valence electrons. The number of anilines is 1. The van der Waals surface area contributed by atoms with Crippen molar-refractivity contribution in [2.75, 3.05) is 31.6 Å². The van der Waals surface area contributed by atoms with Crippen LogP contribution in [0.2, 0.25) is 0 Å². The van der Waals surface area contributed by atoms with Crippen molar-refractivity contribution < 1.29 is 9.53 Å². The van der Waals surface area contributed by atoms with Gasteiger partial charge in [-0.1, -0.05) is 30.3 Å². The number of aliphatic imine (C=N–C) groups is 1. The lowest BCUT2D eigenvalue weighted by molar-refractivity contribution is -0.119. The van der Waals surface area contributed by atoms with Crippen LogP contribution in [0.3, 0.4) is 0 Å². The lowest BCUT2D eigenvalue weighted by Gasteiger charge is -2.35. The van der Waals surface area contributed by atoms with Gasteiger partial charge in [-0.25, -0.2) is 0 Å². The van der Waals surface area contributed by atoms with Crippen LogP contribution in [0.5, 0.6) is 5.75 Å². The number of halogens is 1. The van der Waals surface area contributed by atoms with Gasteiger partial charge < -0.3 is 26.0 Å². The Labute approximate surface area is 195 Å². The molecule has 0 spiro atoms. The fraction of sp³-hybridized carbons (Fsp3) is 0.364. The molecule has 1 saturated heterocycles. The molecule has 1 heterocycles. The summed E-state index contributed by atoms with van der Waals surface area (Å²) in [4.78, 5) is 17.6. The van der Waals surface area contributed by atoms with Gasteiger partial charge in [-0.2, -0.15) is 0 Å². The zero-order valence-corrected chi connectivity index (χ0v) is 19.5. The number of hydrogen-bond acceptors (Lipinski definition) is 4. The first-order chi connectivity index (χ1) is 14.1. The van der Waals surface area contributed by atoms with Gasteiger partial charge in [-0.3, -0.25) is 9.79 Å². The Balaban J connectivity index is 0.00000320. The van der Waals surface area contributed by atoms with E-state index in [9.17, 15) is 4.79 Å². The zero-order chi connectivity index (χ0) is 20.5. The van der Waals surface area contributed by atoms with E-state index in [-0.39, 0.29) is 30.6 Å². The number of rotatable bonds is 7. The van der Waals surface area contributed by atoms with E-state index in [1.165, 1.54) is 5.69 Å². The molecule has 1 unspecified atom stereocenters. The molecule has 1 aliphatic heterocycles. The van der Waals surface area contributed by atoms with E-state index in [4.69, 9.17) is 10.5 Å². The van der Waals surface area contributed by atoms with Crippen LogP contribution in [0.1, 0.15) is 18.4 Å². The molecule has 1 aliphatic rings. The third kappa shape index (κ3) is 7.40. The Morgan fingerprint density at radius 2 is 2.03 bits per heavy atom. The number of piperidine rings is 1. The van der Waals surface area contributed by atoms with Gasteiger partial charge in [0.15, 0.2) is 12.6 Å². The number of hydrogen-bond donors (Lipinski definition) is 3. The van der Waals surface area contributed by atoms with Gasteiger partial charge >= 0.3 is 0 Å². The fourth-order valence-electron chi connectivity index (χ4n) is 3.44. The summed E-state index contributed by atoms with van der Waals surface area (Å²) in [6.45, 7) is 2.50. The molecule has 0 bridgehead atoms. The minimum absolute atomic E-state index is 0. The maximum absolute atomic E-state index is 10.9. The maximum Gasteiger partial charge on any atom is 0.255 e. The van der Waals surface area contributed by atoms with Gasteiger partial charge in [-0.05, 0) is 42.7 Å². The molecule has 1 amide bonds. The van der Waals surface area contributed by atoms with Crippen molar-refractivity contribution in [3.05, 3.63) is 60.2 Å². The molecular formula is C22H30IN5O2. The minimum Gasteiger partial charge on any atom is -0.484 e. The number of nitrogens with two attached hydrogens (primary N) is 1. The Bertz CT molecular complexity index is 831. The van der Waals surface area contributed by atoms with Crippen LogP contribution in [-0.2, 0) is 11.3 Å². The van der Waals surface area contributed by atoms with E-state index in [2.05, 4.69) is 44.8 Å². The van der Waals surface area contributed by atoms with Crippen molar-refractivity contribution in [2.24, 2.45) is 10.7 Å². The molecule has 3 rings (SSSR count). The standard InChI is InChI=1S/C22H29N5O2.HI/c1-24-22(25-14-17-7-5-11-20(13-17)29-16-21(23)28)26-18-8-6-12-27(15-18)19-9-3-2-4-10-19;/h2-5,7,9-11,13,18H,6,8,12,14-16H2,1H3,(H2,23,28)(H2,24,25,26);1H. The Morgan fingerprint density at radius 1 is 1.23 bits per heavy atom. The van der Waals surface area contributed by atoms with E-state index < -0.39 is 5.91 Å². The van der Waals surface area contributed by atoms with Crippen molar-refractivity contribution >= 4 is 41.5 Å². The number of carbonyl (C=O) groups excluding carboxylic acids is 1. The highest BCUT2D eigenvalue weighted by atomic mass is 127. The number of carbonyl (C=O) groups is 1. The number of benzene rings is 2. The molecule has 0 saturated carbocycles. The molecule has 1 fully saturated rings. The number of nitrogens with one attached hydrogen (secondary N) is 2. The smallest absolute Gasteiger partial charge is 0.255 e. The van der Waals surface area contributed by atoms with Crippen LogP contribution in [-0.4, -0.2) is 44.7 Å². The summed E-state index contributed by atoms with van der Waals surface area (Å²) in [5.41, 5.74) is 7.42. The van der Waals surface area contributed by atoms with Crippen molar-refractivity contribution in [1.82, 2.24) is 10.6 Å². The largest absolute Gasteiger partial charge is 0.484 e. The van der Waals surface area contributed by atoms with Crippen LogP contribution in [0.25, 0.3) is 0 Å². The fourth-order valence-corrected chi connectivity index (χ4v) is 3.44. The van der Waals surface area contributed by atoms with Crippen molar-refractivity contribution in [2.45, 2.75) is 25.4 Å². The van der Waals surface area contributed by atoms with Gasteiger partial charge in [0.25, 0.3) is 5.91 Å². The first-order valence-corrected chi connectivity index (χ1v) is 9.91. The highest BCUT2D eigenvalue weighted by Gasteiger charge is 2.20. The molecule has 0 aliphatic carbocycles. The third-order valence-electron chi connectivity index (χ3n) is 4.85. The lowest BCUT2D eigenvalue weighted by Crippen LogP contribution is -2.51. The summed E-state index contributed by atoms with van der Waals surface area (Å²) >= 11 is 0. The second kappa shape index (κ2) is 12.3. The second-order valence-corrected chi connectivity index (χ2v) is 7.09. The molecule has 30 heavy (non-hydrogen) atoms. The van der Waals surface area contributed by atoms with E-state index in [0.717, 1.165) is 37.5 Å². The van der Waals surface area contributed by atoms with E-state index in [1.54, 1.807) is 13.1 Å². The number of nitrogens with zero attached hydrogens (tertiary/aromatic N) is 2. The zero-order valence-electron chi connectivity index (χ0n) is 17.2. The van der Waals surface area contributed by atoms with E-state index in [0.29, 0.717) is 18.3 Å². The summed E-state index contributed by atoms with van der Waals surface area (Å²) in [5.74, 6) is 0.903. The molecule has 0 radical (unpaired) electrons. The summed E-state index contributed by atoms with van der Waals surface area (Å²) in [6.07, 6.45) is 2.25. The second-order valence-electron chi connectivity index (χ2n) is 7.09. The van der Waals surface area contributed by atoms with Crippen LogP contribution in [0.4, 0.5) is 5.69 Å². The normalized spacial score (nSPS) is 16.4. The van der Waals surface area contributed by atoms with Crippen molar-refractivity contribution in [3.8, 4) is 5.75 Å². The average molecular weight is 523 g/mol.